The Hall–Kier alpha value is -2.28. The fourth-order valence-electron chi connectivity index (χ4n) is 3.09. The van der Waals surface area contributed by atoms with Gasteiger partial charge in [0, 0.05) is 12.1 Å². The quantitative estimate of drug-likeness (QED) is 0.823. The summed E-state index contributed by atoms with van der Waals surface area (Å²) in [7, 11) is 3.73. The van der Waals surface area contributed by atoms with Crippen molar-refractivity contribution in [1.29, 1.82) is 0 Å². The van der Waals surface area contributed by atoms with Crippen molar-refractivity contribution < 1.29 is 14.2 Å². The zero-order chi connectivity index (χ0) is 14.4. The second kappa shape index (κ2) is 4.63. The summed E-state index contributed by atoms with van der Waals surface area (Å²) in [6, 6.07) is 2.05. The van der Waals surface area contributed by atoms with Gasteiger partial charge in [0.1, 0.15) is 18.8 Å². The van der Waals surface area contributed by atoms with Crippen LogP contribution in [-0.4, -0.2) is 47.2 Å². The van der Waals surface area contributed by atoms with Crippen LogP contribution in [0.2, 0.25) is 0 Å². The van der Waals surface area contributed by atoms with E-state index < -0.39 is 0 Å². The maximum Gasteiger partial charge on any atom is 0.231 e. The van der Waals surface area contributed by atoms with E-state index in [0.717, 1.165) is 30.0 Å². The Morgan fingerprint density at radius 1 is 1.38 bits per heavy atom. The van der Waals surface area contributed by atoms with Gasteiger partial charge in [-0.15, -0.1) is 0 Å². The molecule has 1 aromatic heterocycles. The Balaban J connectivity index is 1.95. The third kappa shape index (κ3) is 1.77. The molecule has 0 radical (unpaired) electrons. The molecule has 0 aliphatic carbocycles. The van der Waals surface area contributed by atoms with Gasteiger partial charge in [-0.05, 0) is 25.1 Å². The maximum atomic E-state index is 5.64. The molecule has 1 atom stereocenters. The van der Waals surface area contributed by atoms with Crippen molar-refractivity contribution in [2.24, 2.45) is 0 Å². The third-order valence-corrected chi connectivity index (χ3v) is 4.04. The van der Waals surface area contributed by atoms with E-state index in [9.17, 15) is 0 Å². The molecule has 7 heteroatoms. The highest BCUT2D eigenvalue weighted by atomic mass is 16.7. The first kappa shape index (κ1) is 12.5. The van der Waals surface area contributed by atoms with Crippen LogP contribution in [0, 0.1) is 0 Å². The molecule has 0 amide bonds. The van der Waals surface area contributed by atoms with Crippen LogP contribution in [0.15, 0.2) is 18.7 Å². The molecule has 2 aliphatic heterocycles. The van der Waals surface area contributed by atoms with Crippen LogP contribution in [0.25, 0.3) is 0 Å². The van der Waals surface area contributed by atoms with Gasteiger partial charge in [-0.3, -0.25) is 4.90 Å². The number of ether oxygens (including phenoxy) is 3. The zero-order valence-electron chi connectivity index (χ0n) is 11.9. The third-order valence-electron chi connectivity index (χ3n) is 4.04. The number of methoxy groups -OCH3 is 1. The first-order chi connectivity index (χ1) is 10.3. The molecule has 110 valence electrons. The molecule has 0 bridgehead atoms. The van der Waals surface area contributed by atoms with E-state index in [1.165, 1.54) is 5.56 Å². The molecule has 0 unspecified atom stereocenters. The summed E-state index contributed by atoms with van der Waals surface area (Å²) in [5.74, 6) is 2.16. The lowest BCUT2D eigenvalue weighted by Gasteiger charge is -2.35. The molecule has 1 aromatic carbocycles. The SMILES string of the molecule is COc1c2c(cc3c1[C@H](n1cncn1)N(C)CC3)OCO2. The van der Waals surface area contributed by atoms with Crippen LogP contribution in [0.1, 0.15) is 17.3 Å². The molecule has 0 N–H and O–H groups in total. The van der Waals surface area contributed by atoms with Gasteiger partial charge < -0.3 is 14.2 Å². The second-order valence-electron chi connectivity index (χ2n) is 5.20. The van der Waals surface area contributed by atoms with Crippen LogP contribution < -0.4 is 14.2 Å². The lowest BCUT2D eigenvalue weighted by atomic mass is 9.95. The van der Waals surface area contributed by atoms with Crippen molar-refractivity contribution in [1.82, 2.24) is 19.7 Å². The molecular weight excluding hydrogens is 272 g/mol. The summed E-state index contributed by atoms with van der Waals surface area (Å²) >= 11 is 0. The van der Waals surface area contributed by atoms with Crippen molar-refractivity contribution in [3.63, 3.8) is 0 Å². The first-order valence-corrected chi connectivity index (χ1v) is 6.83. The topological polar surface area (TPSA) is 61.6 Å². The standard InChI is InChI=1S/C14H16N4O3/c1-17-4-3-9-5-10-12(21-8-20-10)13(19-2)11(9)14(17)18-7-15-6-16-18/h5-7,14H,3-4,8H2,1-2H3/t14-/m0/s1. The van der Waals surface area contributed by atoms with Crippen LogP contribution in [0.5, 0.6) is 17.2 Å². The molecule has 7 nitrogen and oxygen atoms in total. The number of nitrogens with zero attached hydrogens (tertiary/aromatic N) is 4. The van der Waals surface area contributed by atoms with Crippen LogP contribution >= 0.6 is 0 Å². The van der Waals surface area contributed by atoms with Crippen molar-refractivity contribution in [2.45, 2.75) is 12.6 Å². The number of fused-ring (bicyclic) bond motifs is 2. The van der Waals surface area contributed by atoms with Crippen LogP contribution in [0.3, 0.4) is 0 Å². The molecule has 21 heavy (non-hydrogen) atoms. The van der Waals surface area contributed by atoms with Gasteiger partial charge in [0.2, 0.25) is 12.5 Å². The maximum absolute atomic E-state index is 5.64. The molecule has 4 rings (SSSR count). The predicted molar refractivity (Wildman–Crippen MR) is 73.6 cm³/mol. The van der Waals surface area contributed by atoms with Crippen molar-refractivity contribution in [2.75, 3.05) is 27.5 Å². The fourth-order valence-corrected chi connectivity index (χ4v) is 3.09. The summed E-state index contributed by atoms with van der Waals surface area (Å²) < 4.78 is 18.6. The van der Waals surface area contributed by atoms with Crippen molar-refractivity contribution >= 4 is 0 Å². The Morgan fingerprint density at radius 2 is 2.29 bits per heavy atom. The van der Waals surface area contributed by atoms with E-state index >= 15 is 0 Å². The molecule has 0 saturated heterocycles. The van der Waals surface area contributed by atoms with Crippen LogP contribution in [-0.2, 0) is 6.42 Å². The lowest BCUT2D eigenvalue weighted by molar-refractivity contribution is 0.168. The Kier molecular flexibility index (Phi) is 2.75. The normalized spacial score (nSPS) is 20.4. The van der Waals surface area contributed by atoms with Crippen molar-refractivity contribution in [3.05, 3.63) is 29.8 Å². The van der Waals surface area contributed by atoms with Gasteiger partial charge >= 0.3 is 0 Å². The number of rotatable bonds is 2. The first-order valence-electron chi connectivity index (χ1n) is 6.83. The summed E-state index contributed by atoms with van der Waals surface area (Å²) in [6.45, 7) is 1.17. The second-order valence-corrected chi connectivity index (χ2v) is 5.20. The summed E-state index contributed by atoms with van der Waals surface area (Å²) in [6.07, 6.45) is 4.15. The largest absolute Gasteiger partial charge is 0.492 e. The van der Waals surface area contributed by atoms with E-state index in [1.54, 1.807) is 19.8 Å². The fraction of sp³-hybridized carbons (Fsp3) is 0.429. The van der Waals surface area contributed by atoms with Gasteiger partial charge in [0.15, 0.2) is 11.5 Å². The van der Waals surface area contributed by atoms with Gasteiger partial charge in [-0.25, -0.2) is 9.67 Å². The number of likely N-dealkylation sites (N-methyl/N-ethyl adjacent to an activating group) is 1. The van der Waals surface area contributed by atoms with Crippen LogP contribution in [0.4, 0.5) is 0 Å². The summed E-state index contributed by atoms with van der Waals surface area (Å²) in [5, 5.41) is 4.29. The monoisotopic (exact) mass is 288 g/mol. The van der Waals surface area contributed by atoms with E-state index in [2.05, 4.69) is 28.1 Å². The Labute approximate surface area is 122 Å². The van der Waals surface area contributed by atoms with E-state index in [-0.39, 0.29) is 13.0 Å². The minimum Gasteiger partial charge on any atom is -0.492 e. The Morgan fingerprint density at radius 3 is 3.05 bits per heavy atom. The van der Waals surface area contributed by atoms with E-state index in [0.29, 0.717) is 5.75 Å². The van der Waals surface area contributed by atoms with E-state index in [4.69, 9.17) is 14.2 Å². The van der Waals surface area contributed by atoms with Gasteiger partial charge in [0.05, 0.1) is 7.11 Å². The average Bonchev–Trinajstić information content (AvgIpc) is 3.15. The number of aromatic nitrogens is 3. The molecule has 2 aliphatic rings. The van der Waals surface area contributed by atoms with Gasteiger partial charge in [0.25, 0.3) is 0 Å². The molecule has 3 heterocycles. The lowest BCUT2D eigenvalue weighted by Crippen LogP contribution is -2.37. The predicted octanol–water partition coefficient (Wildman–Crippen LogP) is 1.05. The molecular formula is C14H16N4O3. The van der Waals surface area contributed by atoms with Gasteiger partial charge in [-0.1, -0.05) is 0 Å². The number of hydrogen-bond acceptors (Lipinski definition) is 6. The van der Waals surface area contributed by atoms with Crippen molar-refractivity contribution in [3.8, 4) is 17.2 Å². The van der Waals surface area contributed by atoms with E-state index in [1.807, 2.05) is 4.68 Å². The smallest absolute Gasteiger partial charge is 0.231 e. The highest BCUT2D eigenvalue weighted by Gasteiger charge is 2.35. The average molecular weight is 288 g/mol. The summed E-state index contributed by atoms with van der Waals surface area (Å²) in [4.78, 5) is 6.29. The van der Waals surface area contributed by atoms with Gasteiger partial charge in [-0.2, -0.15) is 5.10 Å². The summed E-state index contributed by atoms with van der Waals surface area (Å²) in [5.41, 5.74) is 2.27. The molecule has 2 aromatic rings. The Bertz CT molecular complexity index is 671. The highest BCUT2D eigenvalue weighted by Crippen LogP contribution is 2.49. The molecule has 0 fully saturated rings. The minimum absolute atomic E-state index is 0.0549. The molecule has 0 spiro atoms. The minimum atomic E-state index is -0.0549. The zero-order valence-corrected chi connectivity index (χ0v) is 11.9. The molecule has 0 saturated carbocycles. The highest BCUT2D eigenvalue weighted by molar-refractivity contribution is 5.61. The number of benzene rings is 1. The number of hydrogen-bond donors (Lipinski definition) is 0.